The maximum atomic E-state index is 13.5. The molecule has 1 aliphatic rings. The molecule has 1 aliphatic heterocycles. The molecule has 2 atom stereocenters. The highest BCUT2D eigenvalue weighted by Gasteiger charge is 2.32. The average molecular weight is 523 g/mol. The number of nitrogens with one attached hydrogen (secondary N) is 2. The number of fused-ring (bicyclic) bond motifs is 1. The first-order valence-corrected chi connectivity index (χ1v) is 13.9. The molecule has 2 N–H and O–H groups in total. The number of anilines is 1. The van der Waals surface area contributed by atoms with Gasteiger partial charge in [-0.2, -0.15) is 0 Å². The lowest BCUT2D eigenvalue weighted by Gasteiger charge is -2.37. The summed E-state index contributed by atoms with van der Waals surface area (Å²) in [6.45, 7) is 5.18. The fourth-order valence-corrected chi connectivity index (χ4v) is 6.42. The van der Waals surface area contributed by atoms with Gasteiger partial charge >= 0.3 is 0 Å². The van der Waals surface area contributed by atoms with Gasteiger partial charge in [0.05, 0.1) is 11.4 Å². The SMILES string of the molecule is Cc1ccccc1C(=O)Nc1cccc2c(S(=O)(=O)NC3CCN(C(=O)CN(C)C)CC3C)cccc12. The van der Waals surface area contributed by atoms with Crippen LogP contribution in [0, 0.1) is 12.8 Å². The number of likely N-dealkylation sites (N-methyl/N-ethyl adjacent to an activating group) is 1. The highest BCUT2D eigenvalue weighted by Crippen LogP contribution is 2.30. The number of rotatable bonds is 7. The third-order valence-electron chi connectivity index (χ3n) is 6.83. The molecule has 0 bridgehead atoms. The van der Waals surface area contributed by atoms with Gasteiger partial charge < -0.3 is 15.1 Å². The molecule has 1 fully saturated rings. The van der Waals surface area contributed by atoms with Crippen molar-refractivity contribution in [2.45, 2.75) is 31.2 Å². The largest absolute Gasteiger partial charge is 0.341 e. The molecular weight excluding hydrogens is 488 g/mol. The number of aryl methyl sites for hydroxylation is 1. The van der Waals surface area contributed by atoms with Crippen molar-refractivity contribution in [3.05, 3.63) is 71.8 Å². The third-order valence-corrected chi connectivity index (χ3v) is 8.37. The first-order chi connectivity index (χ1) is 17.6. The number of nitrogens with zero attached hydrogens (tertiary/aromatic N) is 2. The van der Waals surface area contributed by atoms with Gasteiger partial charge in [0.25, 0.3) is 5.91 Å². The summed E-state index contributed by atoms with van der Waals surface area (Å²) in [5.41, 5.74) is 1.97. The quantitative estimate of drug-likeness (QED) is 0.495. The predicted octanol–water partition coefficient (Wildman–Crippen LogP) is 3.48. The Morgan fingerprint density at radius 3 is 2.41 bits per heavy atom. The Morgan fingerprint density at radius 1 is 1.00 bits per heavy atom. The summed E-state index contributed by atoms with van der Waals surface area (Å²) in [7, 11) is -0.148. The molecule has 2 unspecified atom stereocenters. The van der Waals surface area contributed by atoms with Crippen LogP contribution in [0.15, 0.2) is 65.6 Å². The van der Waals surface area contributed by atoms with E-state index in [1.54, 1.807) is 47.4 Å². The van der Waals surface area contributed by atoms with E-state index in [9.17, 15) is 18.0 Å². The van der Waals surface area contributed by atoms with Gasteiger partial charge in [0.15, 0.2) is 0 Å². The zero-order valence-electron chi connectivity index (χ0n) is 21.7. The molecule has 0 radical (unpaired) electrons. The molecule has 0 spiro atoms. The van der Waals surface area contributed by atoms with Crippen molar-refractivity contribution in [3.8, 4) is 0 Å². The van der Waals surface area contributed by atoms with Crippen LogP contribution < -0.4 is 10.0 Å². The second kappa shape index (κ2) is 11.0. The molecule has 1 heterocycles. The van der Waals surface area contributed by atoms with Crippen LogP contribution in [0.3, 0.4) is 0 Å². The first-order valence-electron chi connectivity index (χ1n) is 12.4. The number of carbonyl (C=O) groups is 2. The zero-order valence-corrected chi connectivity index (χ0v) is 22.5. The second-order valence-electron chi connectivity index (χ2n) is 10.00. The van der Waals surface area contributed by atoms with Crippen molar-refractivity contribution in [1.29, 1.82) is 0 Å². The van der Waals surface area contributed by atoms with E-state index in [0.29, 0.717) is 48.1 Å². The van der Waals surface area contributed by atoms with Gasteiger partial charge in [0.1, 0.15) is 0 Å². The van der Waals surface area contributed by atoms with E-state index in [1.165, 1.54) is 0 Å². The van der Waals surface area contributed by atoms with Crippen LogP contribution in [0.4, 0.5) is 5.69 Å². The maximum Gasteiger partial charge on any atom is 0.255 e. The average Bonchev–Trinajstić information content (AvgIpc) is 2.84. The molecule has 0 saturated carbocycles. The smallest absolute Gasteiger partial charge is 0.255 e. The Hall–Kier alpha value is -3.27. The first kappa shape index (κ1) is 26.8. The lowest BCUT2D eigenvalue weighted by atomic mass is 9.95. The number of hydrogen-bond acceptors (Lipinski definition) is 5. The molecule has 2 amide bonds. The lowest BCUT2D eigenvalue weighted by Crippen LogP contribution is -2.52. The van der Waals surface area contributed by atoms with Crippen molar-refractivity contribution in [2.24, 2.45) is 5.92 Å². The van der Waals surface area contributed by atoms with E-state index >= 15 is 0 Å². The highest BCUT2D eigenvalue weighted by molar-refractivity contribution is 7.89. The van der Waals surface area contributed by atoms with Crippen LogP contribution in [0.2, 0.25) is 0 Å². The summed E-state index contributed by atoms with van der Waals surface area (Å²) in [5.74, 6) is -0.234. The van der Waals surface area contributed by atoms with E-state index in [2.05, 4.69) is 10.0 Å². The minimum Gasteiger partial charge on any atom is -0.341 e. The minimum absolute atomic E-state index is 0.0337. The maximum absolute atomic E-state index is 13.5. The Labute approximate surface area is 218 Å². The third kappa shape index (κ3) is 6.01. The Kier molecular flexibility index (Phi) is 7.96. The minimum atomic E-state index is -3.85. The number of sulfonamides is 1. The number of piperidine rings is 1. The van der Waals surface area contributed by atoms with E-state index in [0.717, 1.165) is 5.56 Å². The van der Waals surface area contributed by atoms with Crippen LogP contribution in [-0.4, -0.2) is 69.8 Å². The van der Waals surface area contributed by atoms with Crippen molar-refractivity contribution >= 4 is 38.3 Å². The number of carbonyl (C=O) groups excluding carboxylic acids is 2. The molecular formula is C28H34N4O4S. The molecule has 1 saturated heterocycles. The highest BCUT2D eigenvalue weighted by atomic mass is 32.2. The Balaban J connectivity index is 1.55. The molecule has 8 nitrogen and oxygen atoms in total. The van der Waals surface area contributed by atoms with Gasteiger partial charge in [0, 0.05) is 41.2 Å². The van der Waals surface area contributed by atoms with Gasteiger partial charge in [0.2, 0.25) is 15.9 Å². The van der Waals surface area contributed by atoms with Crippen LogP contribution in [0.1, 0.15) is 29.3 Å². The van der Waals surface area contributed by atoms with E-state index in [-0.39, 0.29) is 28.7 Å². The van der Waals surface area contributed by atoms with E-state index in [1.807, 2.05) is 51.0 Å². The predicted molar refractivity (Wildman–Crippen MR) is 146 cm³/mol. The molecule has 4 rings (SSSR count). The van der Waals surface area contributed by atoms with Crippen LogP contribution in [0.5, 0.6) is 0 Å². The zero-order chi connectivity index (χ0) is 26.7. The van der Waals surface area contributed by atoms with Gasteiger partial charge in [-0.25, -0.2) is 13.1 Å². The summed E-state index contributed by atoms with van der Waals surface area (Å²) in [6, 6.07) is 17.4. The molecule has 0 aromatic heterocycles. The number of hydrogen-bond donors (Lipinski definition) is 2. The van der Waals surface area contributed by atoms with Crippen LogP contribution >= 0.6 is 0 Å². The normalized spacial score (nSPS) is 18.2. The summed E-state index contributed by atoms with van der Waals surface area (Å²) < 4.78 is 30.0. The van der Waals surface area contributed by atoms with Gasteiger partial charge in [-0.3, -0.25) is 9.59 Å². The van der Waals surface area contributed by atoms with Crippen molar-refractivity contribution < 1.29 is 18.0 Å². The molecule has 37 heavy (non-hydrogen) atoms. The topological polar surface area (TPSA) is 98.8 Å². The van der Waals surface area contributed by atoms with E-state index in [4.69, 9.17) is 0 Å². The Bertz CT molecular complexity index is 1420. The van der Waals surface area contributed by atoms with Gasteiger partial charge in [-0.1, -0.05) is 49.4 Å². The fraction of sp³-hybridized carbons (Fsp3) is 0.357. The molecule has 9 heteroatoms. The van der Waals surface area contributed by atoms with Gasteiger partial charge in [-0.15, -0.1) is 0 Å². The summed E-state index contributed by atoms with van der Waals surface area (Å²) in [6.07, 6.45) is 0.544. The molecule has 196 valence electrons. The number of amides is 2. The summed E-state index contributed by atoms with van der Waals surface area (Å²) >= 11 is 0. The fourth-order valence-electron chi connectivity index (χ4n) is 4.82. The molecule has 3 aromatic rings. The lowest BCUT2D eigenvalue weighted by molar-refractivity contribution is -0.133. The Morgan fingerprint density at radius 2 is 1.70 bits per heavy atom. The monoisotopic (exact) mass is 522 g/mol. The second-order valence-corrected chi connectivity index (χ2v) is 11.7. The van der Waals surface area contributed by atoms with E-state index < -0.39 is 10.0 Å². The van der Waals surface area contributed by atoms with Crippen LogP contribution in [-0.2, 0) is 14.8 Å². The standard InChI is InChI=1S/C28H34N4O4S/c1-19-9-5-6-10-21(19)28(34)29-25-13-7-12-23-22(25)11-8-14-26(23)37(35,36)30-24-15-16-32(17-20(24)2)27(33)18-31(3)4/h5-14,20,24,30H,15-18H2,1-4H3,(H,29,34). The van der Waals surface area contributed by atoms with Gasteiger partial charge in [-0.05, 0) is 57.1 Å². The number of benzene rings is 3. The molecule has 0 aliphatic carbocycles. The van der Waals surface area contributed by atoms with Crippen molar-refractivity contribution in [1.82, 2.24) is 14.5 Å². The van der Waals surface area contributed by atoms with Crippen molar-refractivity contribution in [3.63, 3.8) is 0 Å². The van der Waals surface area contributed by atoms with Crippen LogP contribution in [0.25, 0.3) is 10.8 Å². The molecule has 3 aromatic carbocycles. The van der Waals surface area contributed by atoms with Crippen molar-refractivity contribution in [2.75, 3.05) is 39.0 Å². The number of likely N-dealkylation sites (tertiary alicyclic amines) is 1. The summed E-state index contributed by atoms with van der Waals surface area (Å²) in [4.78, 5) is 29.2. The summed E-state index contributed by atoms with van der Waals surface area (Å²) in [5, 5.41) is 4.12.